The van der Waals surface area contributed by atoms with Gasteiger partial charge in [0.25, 0.3) is 15.9 Å². The van der Waals surface area contributed by atoms with Crippen LogP contribution in [0.2, 0.25) is 0 Å². The van der Waals surface area contributed by atoms with Crippen molar-refractivity contribution < 1.29 is 27.5 Å². The molecule has 0 spiro atoms. The fraction of sp³-hybridized carbons (Fsp3) is 0. The second kappa shape index (κ2) is 6.28. The number of anilines is 2. The van der Waals surface area contributed by atoms with Gasteiger partial charge >= 0.3 is 5.97 Å². The summed E-state index contributed by atoms with van der Waals surface area (Å²) >= 11 is 2.99. The molecule has 0 saturated heterocycles. The summed E-state index contributed by atoms with van der Waals surface area (Å²) in [5, 5.41) is 12.7. The maximum absolute atomic E-state index is 14.3. The number of amides is 1. The van der Waals surface area contributed by atoms with Crippen LogP contribution in [0.3, 0.4) is 0 Å². The Morgan fingerprint density at radius 3 is 2.61 bits per heavy atom. The highest BCUT2D eigenvalue weighted by atomic mass is 79.9. The summed E-state index contributed by atoms with van der Waals surface area (Å²) in [6, 6.07) is 9.44. The summed E-state index contributed by atoms with van der Waals surface area (Å²) in [5.74, 6) is -2.89. The number of halogens is 2. The largest absolute Gasteiger partial charge is 0.478 e. The van der Waals surface area contributed by atoms with E-state index in [0.29, 0.717) is 16.6 Å². The smallest absolute Gasteiger partial charge is 0.339 e. The first-order valence-corrected chi connectivity index (χ1v) is 10.1. The molecule has 1 aliphatic rings. The molecule has 1 amide bonds. The lowest BCUT2D eigenvalue weighted by molar-refractivity contribution is 0.0696. The zero-order chi connectivity index (χ0) is 20.2. The third-order valence-electron chi connectivity index (χ3n) is 4.34. The molecule has 7 nitrogen and oxygen atoms in total. The maximum Gasteiger partial charge on any atom is 0.339 e. The minimum absolute atomic E-state index is 0.0225. The number of benzene rings is 3. The average Bonchev–Trinajstić information content (AvgIpc) is 2.95. The van der Waals surface area contributed by atoms with Crippen molar-refractivity contribution in [3.63, 3.8) is 0 Å². The van der Waals surface area contributed by atoms with Crippen molar-refractivity contribution in [2.45, 2.75) is 4.90 Å². The molecule has 0 fully saturated rings. The van der Waals surface area contributed by atoms with Crippen LogP contribution in [0.15, 0.2) is 51.8 Å². The molecular formula is C18H10BrFN2O5S. The molecule has 0 atom stereocenters. The van der Waals surface area contributed by atoms with Crippen molar-refractivity contribution in [3.8, 4) is 0 Å². The Morgan fingerprint density at radius 1 is 1.14 bits per heavy atom. The Balaban J connectivity index is 1.91. The second-order valence-corrected chi connectivity index (χ2v) is 8.49. The zero-order valence-corrected chi connectivity index (χ0v) is 16.2. The topological polar surface area (TPSA) is 113 Å². The van der Waals surface area contributed by atoms with Crippen molar-refractivity contribution in [3.05, 3.63) is 63.9 Å². The van der Waals surface area contributed by atoms with E-state index in [9.17, 15) is 27.5 Å². The first-order chi connectivity index (χ1) is 13.2. The van der Waals surface area contributed by atoms with Crippen molar-refractivity contribution in [2.24, 2.45) is 0 Å². The van der Waals surface area contributed by atoms with Crippen LogP contribution in [-0.2, 0) is 10.0 Å². The molecule has 3 aromatic rings. The van der Waals surface area contributed by atoms with Gasteiger partial charge in [-0.3, -0.25) is 9.52 Å². The van der Waals surface area contributed by atoms with Crippen LogP contribution in [0.25, 0.3) is 10.8 Å². The number of nitrogens with one attached hydrogen (secondary N) is 2. The Bertz CT molecular complexity index is 1310. The molecular weight excluding hydrogens is 455 g/mol. The molecule has 3 N–H and O–H groups in total. The highest BCUT2D eigenvalue weighted by molar-refractivity contribution is 9.10. The van der Waals surface area contributed by atoms with Crippen molar-refractivity contribution >= 4 is 60.0 Å². The molecule has 0 unspecified atom stereocenters. The lowest BCUT2D eigenvalue weighted by Gasteiger charge is -2.14. The third-order valence-corrected chi connectivity index (χ3v) is 6.41. The Morgan fingerprint density at radius 2 is 1.89 bits per heavy atom. The summed E-state index contributed by atoms with van der Waals surface area (Å²) in [4.78, 5) is 23.3. The van der Waals surface area contributed by atoms with Crippen molar-refractivity contribution in [2.75, 3.05) is 10.0 Å². The molecule has 28 heavy (non-hydrogen) atoms. The van der Waals surface area contributed by atoms with Gasteiger partial charge in [-0.1, -0.05) is 12.1 Å². The lowest BCUT2D eigenvalue weighted by atomic mass is 10.1. The Hall–Kier alpha value is -2.98. The van der Waals surface area contributed by atoms with Gasteiger partial charge in [0.15, 0.2) is 0 Å². The molecule has 0 radical (unpaired) electrons. The SMILES string of the molecule is O=C(O)c1c(Br)ccc(F)c1NS(=O)(=O)c1ccc2c3c(cccc13)C(=O)N2. The van der Waals surface area contributed by atoms with Crippen LogP contribution in [0.1, 0.15) is 20.7 Å². The number of rotatable bonds is 4. The van der Waals surface area contributed by atoms with E-state index in [0.717, 1.165) is 6.07 Å². The monoisotopic (exact) mass is 464 g/mol. The zero-order valence-electron chi connectivity index (χ0n) is 13.8. The van der Waals surface area contributed by atoms with Gasteiger partial charge in [-0.05, 0) is 46.3 Å². The van der Waals surface area contributed by atoms with Crippen molar-refractivity contribution in [1.82, 2.24) is 0 Å². The van der Waals surface area contributed by atoms with Gasteiger partial charge in [-0.2, -0.15) is 0 Å². The van der Waals surface area contributed by atoms with Gasteiger partial charge in [0.05, 0.1) is 4.90 Å². The second-order valence-electron chi connectivity index (χ2n) is 5.98. The Kier molecular flexibility index (Phi) is 4.12. The van der Waals surface area contributed by atoms with E-state index in [2.05, 4.69) is 21.2 Å². The minimum Gasteiger partial charge on any atom is -0.478 e. The highest BCUT2D eigenvalue weighted by Gasteiger charge is 2.28. The summed E-state index contributed by atoms with van der Waals surface area (Å²) in [6.45, 7) is 0. The summed E-state index contributed by atoms with van der Waals surface area (Å²) < 4.78 is 42.3. The van der Waals surface area contributed by atoms with Gasteiger partial charge in [0.2, 0.25) is 0 Å². The fourth-order valence-electron chi connectivity index (χ4n) is 3.15. The highest BCUT2D eigenvalue weighted by Crippen LogP contribution is 2.37. The normalized spacial score (nSPS) is 12.9. The summed E-state index contributed by atoms with van der Waals surface area (Å²) in [5.41, 5.74) is -0.440. The number of carboxylic acids is 1. The van der Waals surface area contributed by atoms with Gasteiger partial charge in [0, 0.05) is 26.5 Å². The lowest BCUT2D eigenvalue weighted by Crippen LogP contribution is -2.17. The molecule has 142 valence electrons. The van der Waals surface area contributed by atoms with Gasteiger partial charge in [0.1, 0.15) is 17.1 Å². The molecule has 1 aliphatic heterocycles. The quantitative estimate of drug-likeness (QED) is 0.543. The number of carbonyl (C=O) groups is 2. The van der Waals surface area contributed by atoms with E-state index in [4.69, 9.17) is 0 Å². The molecule has 1 heterocycles. The van der Waals surface area contributed by atoms with Crippen LogP contribution in [-0.4, -0.2) is 25.4 Å². The Labute approximate surface area is 166 Å². The third kappa shape index (κ3) is 2.72. The van der Waals surface area contributed by atoms with Gasteiger partial charge in [-0.15, -0.1) is 0 Å². The summed E-state index contributed by atoms with van der Waals surface area (Å²) in [7, 11) is -4.37. The molecule has 0 bridgehead atoms. The van der Waals surface area contributed by atoms with Crippen LogP contribution in [0.4, 0.5) is 15.8 Å². The standard InChI is InChI=1S/C18H10BrFN2O5S/c19-10-4-5-11(20)16(15(10)18(24)25)22-28(26,27)13-7-6-12-14-8(13)2-1-3-9(14)17(23)21-12/h1-7,22H,(H,21,23)(H,24,25). The van der Waals surface area contributed by atoms with Crippen LogP contribution in [0, 0.1) is 5.82 Å². The van der Waals surface area contributed by atoms with Crippen molar-refractivity contribution in [1.29, 1.82) is 0 Å². The first kappa shape index (κ1) is 18.4. The average molecular weight is 465 g/mol. The number of hydrogen-bond acceptors (Lipinski definition) is 4. The number of sulfonamides is 1. The van der Waals surface area contributed by atoms with Gasteiger partial charge < -0.3 is 10.4 Å². The van der Waals surface area contributed by atoms with Crippen LogP contribution in [0.5, 0.6) is 0 Å². The molecule has 0 aliphatic carbocycles. The van der Waals surface area contributed by atoms with Gasteiger partial charge in [-0.25, -0.2) is 17.6 Å². The van der Waals surface area contributed by atoms with Crippen LogP contribution < -0.4 is 10.0 Å². The van der Waals surface area contributed by atoms with E-state index in [1.807, 2.05) is 4.72 Å². The molecule has 4 rings (SSSR count). The van der Waals surface area contributed by atoms with E-state index in [1.54, 1.807) is 6.07 Å². The summed E-state index contributed by atoms with van der Waals surface area (Å²) in [6.07, 6.45) is 0. The molecule has 0 aromatic heterocycles. The molecule has 0 saturated carbocycles. The van der Waals surface area contributed by atoms with E-state index in [1.165, 1.54) is 30.3 Å². The van der Waals surface area contributed by atoms with E-state index in [-0.39, 0.29) is 20.7 Å². The predicted molar refractivity (Wildman–Crippen MR) is 104 cm³/mol. The predicted octanol–water partition coefficient (Wildman–Crippen LogP) is 3.81. The van der Waals surface area contributed by atoms with E-state index >= 15 is 0 Å². The fourth-order valence-corrected chi connectivity index (χ4v) is 4.93. The van der Waals surface area contributed by atoms with Crippen LogP contribution >= 0.6 is 15.9 Å². The number of hydrogen-bond donors (Lipinski definition) is 3. The van der Waals surface area contributed by atoms with E-state index < -0.39 is 33.1 Å². The molecule has 10 heteroatoms. The maximum atomic E-state index is 14.3. The first-order valence-electron chi connectivity index (χ1n) is 7.82. The number of carboxylic acid groups (broad SMARTS) is 1. The molecule has 3 aromatic carbocycles. The number of aromatic carboxylic acids is 1. The minimum atomic E-state index is -4.37. The number of carbonyl (C=O) groups excluding carboxylic acids is 1.